The Morgan fingerprint density at radius 2 is 1.54 bits per heavy atom. The Bertz CT molecular complexity index is 887. The van der Waals surface area contributed by atoms with E-state index in [0.717, 1.165) is 29.4 Å². The van der Waals surface area contributed by atoms with Gasteiger partial charge in [0, 0.05) is 5.41 Å². The van der Waals surface area contributed by atoms with Crippen molar-refractivity contribution in [3.63, 3.8) is 0 Å². The smallest absolute Gasteiger partial charge is 0.0948 e. The van der Waals surface area contributed by atoms with E-state index >= 15 is 0 Å². The molecule has 35 heavy (non-hydrogen) atoms. The second kappa shape index (κ2) is 8.14. The van der Waals surface area contributed by atoms with Gasteiger partial charge in [-0.2, -0.15) is 0 Å². The minimum Gasteiger partial charge on any atom is -0.501 e. The summed E-state index contributed by atoms with van der Waals surface area (Å²) in [5.41, 5.74) is 3.46. The topological polar surface area (TPSA) is 9.23 Å². The standard InChI is InChI=1S/C34H56O/c1-11-30(6)23(4)14-17-31(7)27(30)16-18-33(9)28(31)13-12-26-29-25(22(2)3)15-19-34(29,24(5)35-10)21-20-32(26,33)8/h23,25-29H,2,5,11-21H2,1,3-4,6-10H3/t23-,25-,26?,27-,28+,29+,30+,31-,32+,33+,34+/m0/s1. The first-order valence-corrected chi connectivity index (χ1v) is 15.2. The van der Waals surface area contributed by atoms with Crippen LogP contribution in [-0.4, -0.2) is 7.11 Å². The third kappa shape index (κ3) is 3.05. The molecule has 0 aromatic heterocycles. The van der Waals surface area contributed by atoms with Crippen LogP contribution in [0.2, 0.25) is 0 Å². The van der Waals surface area contributed by atoms with Gasteiger partial charge in [-0.3, -0.25) is 0 Å². The summed E-state index contributed by atoms with van der Waals surface area (Å²) in [6, 6.07) is 0. The largest absolute Gasteiger partial charge is 0.501 e. The lowest BCUT2D eigenvalue weighted by Gasteiger charge is -2.73. The molecule has 198 valence electrons. The minimum atomic E-state index is 0.175. The van der Waals surface area contributed by atoms with Crippen molar-refractivity contribution in [3.8, 4) is 0 Å². The molecule has 0 saturated heterocycles. The molecule has 11 atom stereocenters. The molecule has 0 aromatic carbocycles. The van der Waals surface area contributed by atoms with Gasteiger partial charge in [-0.15, -0.1) is 0 Å². The van der Waals surface area contributed by atoms with E-state index in [1.54, 1.807) is 0 Å². The fraction of sp³-hybridized carbons (Fsp3) is 0.882. The Balaban J connectivity index is 1.56. The van der Waals surface area contributed by atoms with Crippen LogP contribution in [0.15, 0.2) is 24.5 Å². The number of hydrogen-bond donors (Lipinski definition) is 0. The Kier molecular flexibility index (Phi) is 6.02. The van der Waals surface area contributed by atoms with Crippen molar-refractivity contribution in [2.24, 2.45) is 62.6 Å². The van der Waals surface area contributed by atoms with Gasteiger partial charge in [0.1, 0.15) is 0 Å². The zero-order valence-electron chi connectivity index (χ0n) is 24.6. The summed E-state index contributed by atoms with van der Waals surface area (Å²) in [4.78, 5) is 0. The summed E-state index contributed by atoms with van der Waals surface area (Å²) >= 11 is 0. The van der Waals surface area contributed by atoms with Gasteiger partial charge < -0.3 is 4.74 Å². The van der Waals surface area contributed by atoms with E-state index < -0.39 is 0 Å². The normalized spacial score (nSPS) is 55.2. The maximum Gasteiger partial charge on any atom is 0.0948 e. The highest BCUT2D eigenvalue weighted by molar-refractivity contribution is 5.25. The molecule has 0 N–H and O–H groups in total. The van der Waals surface area contributed by atoms with Crippen molar-refractivity contribution in [2.75, 3.05) is 7.11 Å². The number of allylic oxidation sites excluding steroid dienone is 2. The molecule has 5 fully saturated rings. The lowest BCUT2D eigenvalue weighted by molar-refractivity contribution is -0.243. The van der Waals surface area contributed by atoms with Gasteiger partial charge in [0.2, 0.25) is 0 Å². The van der Waals surface area contributed by atoms with Gasteiger partial charge >= 0.3 is 0 Å². The fourth-order valence-corrected chi connectivity index (χ4v) is 12.4. The van der Waals surface area contributed by atoms with Gasteiger partial charge in [-0.25, -0.2) is 0 Å². The van der Waals surface area contributed by atoms with Crippen LogP contribution in [0.25, 0.3) is 0 Å². The Morgan fingerprint density at radius 3 is 2.17 bits per heavy atom. The monoisotopic (exact) mass is 480 g/mol. The summed E-state index contributed by atoms with van der Waals surface area (Å²) in [6.07, 6.45) is 15.1. The number of ether oxygens (including phenoxy) is 1. The highest BCUT2D eigenvalue weighted by Gasteiger charge is 2.71. The molecule has 0 spiro atoms. The average molecular weight is 481 g/mol. The average Bonchev–Trinajstić information content (AvgIpc) is 3.23. The zero-order chi connectivity index (χ0) is 25.6. The first-order valence-electron chi connectivity index (χ1n) is 15.2. The lowest BCUT2D eigenvalue weighted by Crippen LogP contribution is -2.66. The van der Waals surface area contributed by atoms with Crippen LogP contribution in [0.1, 0.15) is 119 Å². The summed E-state index contributed by atoms with van der Waals surface area (Å²) < 4.78 is 5.97. The van der Waals surface area contributed by atoms with Crippen LogP contribution in [0.4, 0.5) is 0 Å². The maximum absolute atomic E-state index is 5.97. The third-order valence-electron chi connectivity index (χ3n) is 14.9. The van der Waals surface area contributed by atoms with E-state index in [1.165, 1.54) is 76.2 Å². The summed E-state index contributed by atoms with van der Waals surface area (Å²) in [5.74, 6) is 5.79. The van der Waals surface area contributed by atoms with Gasteiger partial charge in [-0.05, 0) is 128 Å². The Labute approximate surface area is 217 Å². The molecule has 0 bridgehead atoms. The molecule has 0 radical (unpaired) electrons. The van der Waals surface area contributed by atoms with Gasteiger partial charge in [0.05, 0.1) is 12.9 Å². The molecule has 5 saturated carbocycles. The van der Waals surface area contributed by atoms with Crippen molar-refractivity contribution in [1.82, 2.24) is 0 Å². The fourth-order valence-electron chi connectivity index (χ4n) is 12.4. The van der Waals surface area contributed by atoms with E-state index in [4.69, 9.17) is 4.74 Å². The van der Waals surface area contributed by atoms with E-state index in [0.29, 0.717) is 33.5 Å². The van der Waals surface area contributed by atoms with E-state index in [2.05, 4.69) is 61.6 Å². The molecule has 0 aromatic rings. The van der Waals surface area contributed by atoms with Crippen LogP contribution in [0.3, 0.4) is 0 Å². The van der Waals surface area contributed by atoms with Crippen LogP contribution < -0.4 is 0 Å². The van der Waals surface area contributed by atoms with Crippen molar-refractivity contribution >= 4 is 0 Å². The van der Waals surface area contributed by atoms with E-state index in [1.807, 2.05) is 7.11 Å². The van der Waals surface area contributed by atoms with Gasteiger partial charge in [0.15, 0.2) is 0 Å². The van der Waals surface area contributed by atoms with Crippen molar-refractivity contribution in [1.29, 1.82) is 0 Å². The third-order valence-corrected chi connectivity index (χ3v) is 14.9. The second-order valence-corrected chi connectivity index (χ2v) is 15.3. The maximum atomic E-state index is 5.97. The van der Waals surface area contributed by atoms with Gasteiger partial charge in [0.25, 0.3) is 0 Å². The first-order chi connectivity index (χ1) is 16.4. The number of rotatable bonds is 4. The Hall–Kier alpha value is -0.720. The highest BCUT2D eigenvalue weighted by Crippen LogP contribution is 2.78. The van der Waals surface area contributed by atoms with Crippen LogP contribution >= 0.6 is 0 Å². The summed E-state index contributed by atoms with van der Waals surface area (Å²) in [6.45, 7) is 27.4. The molecule has 1 heteroatoms. The molecule has 0 aliphatic heterocycles. The summed E-state index contributed by atoms with van der Waals surface area (Å²) in [7, 11) is 1.87. The second-order valence-electron chi connectivity index (χ2n) is 15.3. The molecule has 1 unspecified atom stereocenters. The number of fused-ring (bicyclic) bond motifs is 7. The number of methoxy groups -OCH3 is 1. The summed E-state index contributed by atoms with van der Waals surface area (Å²) in [5, 5.41) is 0. The quantitative estimate of drug-likeness (QED) is 0.287. The molecule has 5 aliphatic carbocycles. The predicted octanol–water partition coefficient (Wildman–Crippen LogP) is 9.83. The molecule has 0 heterocycles. The van der Waals surface area contributed by atoms with Crippen LogP contribution in [0, 0.1) is 62.6 Å². The molecular weight excluding hydrogens is 424 g/mol. The van der Waals surface area contributed by atoms with Crippen LogP contribution in [0.5, 0.6) is 0 Å². The minimum absolute atomic E-state index is 0.175. The first kappa shape index (κ1) is 25.9. The van der Waals surface area contributed by atoms with E-state index in [9.17, 15) is 0 Å². The lowest BCUT2D eigenvalue weighted by atomic mass is 9.31. The van der Waals surface area contributed by atoms with Crippen molar-refractivity contribution in [3.05, 3.63) is 24.5 Å². The predicted molar refractivity (Wildman–Crippen MR) is 149 cm³/mol. The van der Waals surface area contributed by atoms with E-state index in [-0.39, 0.29) is 5.41 Å². The SMILES string of the molecule is C=C(C)[C@@H]1CC[C@]2(C(=C)OC)CC[C@]3(C)C(CC[C@@H]4[C@@]5(C)CC[C@H](C)[C@@](C)(CC)[C@@H]5CC[C@]43C)[C@@H]12. The number of hydrogen-bond acceptors (Lipinski definition) is 1. The van der Waals surface area contributed by atoms with Crippen molar-refractivity contribution < 1.29 is 4.74 Å². The van der Waals surface area contributed by atoms with Crippen molar-refractivity contribution in [2.45, 2.75) is 119 Å². The molecule has 5 rings (SSSR count). The Morgan fingerprint density at radius 1 is 0.829 bits per heavy atom. The molecule has 1 nitrogen and oxygen atoms in total. The van der Waals surface area contributed by atoms with Crippen LogP contribution in [-0.2, 0) is 4.74 Å². The molecular formula is C34H56O. The molecule has 5 aliphatic rings. The zero-order valence-corrected chi connectivity index (χ0v) is 24.6. The molecule has 0 amide bonds. The highest BCUT2D eigenvalue weighted by atomic mass is 16.5. The van der Waals surface area contributed by atoms with Gasteiger partial charge in [-0.1, -0.05) is 66.7 Å².